The van der Waals surface area contributed by atoms with Crippen LogP contribution in [0.2, 0.25) is 0 Å². The second-order valence-corrected chi connectivity index (χ2v) is 4.17. The minimum Gasteiger partial charge on any atom is -0.394 e. The molecule has 18 heavy (non-hydrogen) atoms. The molecule has 3 heterocycles. The van der Waals surface area contributed by atoms with Crippen molar-refractivity contribution in [3.8, 4) is 0 Å². The lowest BCUT2D eigenvalue weighted by molar-refractivity contribution is -0.0351. The number of aliphatic hydroxyl groups excluding tert-OH is 1. The van der Waals surface area contributed by atoms with Crippen LogP contribution in [0, 0.1) is 0 Å². The molecule has 8 heteroatoms. The van der Waals surface area contributed by atoms with E-state index in [1.807, 2.05) is 0 Å². The molecule has 3 N–H and O–H groups in total. The Balaban J connectivity index is 2.02. The van der Waals surface area contributed by atoms with E-state index in [1.54, 1.807) is 0 Å². The summed E-state index contributed by atoms with van der Waals surface area (Å²) >= 11 is 0. The van der Waals surface area contributed by atoms with E-state index in [0.717, 1.165) is 0 Å². The van der Waals surface area contributed by atoms with Crippen LogP contribution in [0.1, 0.15) is 12.6 Å². The highest BCUT2D eigenvalue weighted by Crippen LogP contribution is 2.33. The lowest BCUT2D eigenvalue weighted by Gasteiger charge is -2.15. The fourth-order valence-electron chi connectivity index (χ4n) is 2.12. The molecule has 0 aromatic carbocycles. The van der Waals surface area contributed by atoms with Crippen molar-refractivity contribution in [1.82, 2.24) is 19.5 Å². The second-order valence-electron chi connectivity index (χ2n) is 4.17. The van der Waals surface area contributed by atoms with Crippen LogP contribution in [0.5, 0.6) is 0 Å². The number of halogens is 1. The minimum absolute atomic E-state index is 0.154. The Hall–Kier alpha value is -1.80. The van der Waals surface area contributed by atoms with Gasteiger partial charge in [-0.15, -0.1) is 0 Å². The van der Waals surface area contributed by atoms with Gasteiger partial charge in [-0.1, -0.05) is 0 Å². The molecule has 0 amide bonds. The molecule has 3 atom stereocenters. The van der Waals surface area contributed by atoms with Gasteiger partial charge in [0.15, 0.2) is 17.7 Å². The molecule has 0 saturated carbocycles. The van der Waals surface area contributed by atoms with E-state index in [2.05, 4.69) is 15.0 Å². The number of fused-ring (bicyclic) bond motifs is 1. The largest absolute Gasteiger partial charge is 0.394 e. The third-order valence-electron chi connectivity index (χ3n) is 2.99. The number of anilines is 1. The Kier molecular flexibility index (Phi) is 2.60. The van der Waals surface area contributed by atoms with E-state index in [-0.39, 0.29) is 18.8 Å². The van der Waals surface area contributed by atoms with Gasteiger partial charge in [0.05, 0.1) is 19.0 Å². The molecule has 2 aromatic rings. The summed E-state index contributed by atoms with van der Waals surface area (Å²) in [7, 11) is 0. The zero-order valence-electron chi connectivity index (χ0n) is 9.40. The summed E-state index contributed by atoms with van der Waals surface area (Å²) in [6.07, 6.45) is 0.328. The topological polar surface area (TPSA) is 99.1 Å². The van der Waals surface area contributed by atoms with Gasteiger partial charge in [0.1, 0.15) is 18.0 Å². The molecule has 3 rings (SSSR count). The number of ether oxygens (including phenoxy) is 1. The lowest BCUT2D eigenvalue weighted by atomic mass is 10.2. The number of hydrogen-bond donors (Lipinski definition) is 2. The maximum Gasteiger partial charge on any atom is 0.168 e. The number of aliphatic hydroxyl groups is 1. The number of nitrogens with two attached hydrogens (primary N) is 1. The summed E-state index contributed by atoms with van der Waals surface area (Å²) in [5.74, 6) is 0.242. The Bertz CT molecular complexity index is 574. The highest BCUT2D eigenvalue weighted by atomic mass is 19.1. The number of nitrogen functional groups attached to an aromatic ring is 1. The fraction of sp³-hybridized carbons (Fsp3) is 0.500. The number of imidazole rings is 1. The van der Waals surface area contributed by atoms with Gasteiger partial charge in [-0.3, -0.25) is 4.57 Å². The smallest absolute Gasteiger partial charge is 0.168 e. The number of rotatable bonds is 2. The monoisotopic (exact) mass is 253 g/mol. The summed E-state index contributed by atoms with van der Waals surface area (Å²) in [6.45, 7) is -0.208. The lowest BCUT2D eigenvalue weighted by Crippen LogP contribution is -2.16. The van der Waals surface area contributed by atoms with E-state index < -0.39 is 18.5 Å². The first-order valence-electron chi connectivity index (χ1n) is 5.54. The van der Waals surface area contributed by atoms with Gasteiger partial charge in [0, 0.05) is 6.42 Å². The van der Waals surface area contributed by atoms with E-state index in [9.17, 15) is 4.39 Å². The molecule has 7 nitrogen and oxygen atoms in total. The van der Waals surface area contributed by atoms with Crippen molar-refractivity contribution >= 4 is 17.0 Å². The number of nitrogens with zero attached hydrogens (tertiary/aromatic N) is 4. The third-order valence-corrected chi connectivity index (χ3v) is 2.99. The molecule has 0 aliphatic carbocycles. The molecule has 1 aliphatic heterocycles. The minimum atomic E-state index is -1.21. The van der Waals surface area contributed by atoms with Crippen LogP contribution in [-0.2, 0) is 4.74 Å². The van der Waals surface area contributed by atoms with Crippen molar-refractivity contribution in [2.75, 3.05) is 12.3 Å². The molecule has 96 valence electrons. The molecular formula is C10H12FN5O2. The zero-order chi connectivity index (χ0) is 12.7. The second kappa shape index (κ2) is 4.14. The number of alkyl halides is 1. The van der Waals surface area contributed by atoms with Gasteiger partial charge in [-0.25, -0.2) is 19.3 Å². The van der Waals surface area contributed by atoms with Crippen LogP contribution in [0.15, 0.2) is 12.7 Å². The molecule has 1 saturated heterocycles. The van der Waals surface area contributed by atoms with Crippen LogP contribution in [0.25, 0.3) is 11.2 Å². The van der Waals surface area contributed by atoms with Crippen LogP contribution in [-0.4, -0.2) is 43.5 Å². The molecule has 1 fully saturated rings. The third kappa shape index (κ3) is 1.61. The Labute approximate surface area is 101 Å². The molecule has 1 aliphatic rings. The molecule has 0 bridgehead atoms. The van der Waals surface area contributed by atoms with Gasteiger partial charge >= 0.3 is 0 Å². The maximum atomic E-state index is 13.9. The van der Waals surface area contributed by atoms with Gasteiger partial charge < -0.3 is 15.6 Å². The van der Waals surface area contributed by atoms with Crippen LogP contribution < -0.4 is 5.73 Å². The summed E-state index contributed by atoms with van der Waals surface area (Å²) in [4.78, 5) is 11.9. The van der Waals surface area contributed by atoms with Crippen LogP contribution in [0.3, 0.4) is 0 Å². The predicted molar refractivity (Wildman–Crippen MR) is 60.2 cm³/mol. The van der Waals surface area contributed by atoms with Crippen molar-refractivity contribution < 1.29 is 14.2 Å². The predicted octanol–water partition coefficient (Wildman–Crippen LogP) is 0.0264. The van der Waals surface area contributed by atoms with Gasteiger partial charge in [-0.05, 0) is 0 Å². The summed E-state index contributed by atoms with van der Waals surface area (Å²) in [5, 5.41) is 8.99. The van der Waals surface area contributed by atoms with E-state index in [4.69, 9.17) is 15.6 Å². The van der Waals surface area contributed by atoms with Crippen LogP contribution in [0.4, 0.5) is 10.2 Å². The Morgan fingerprint density at radius 2 is 2.33 bits per heavy atom. The van der Waals surface area contributed by atoms with Gasteiger partial charge in [-0.2, -0.15) is 0 Å². The zero-order valence-corrected chi connectivity index (χ0v) is 9.40. The summed E-state index contributed by atoms with van der Waals surface area (Å²) in [5.41, 5.74) is 6.50. The quantitative estimate of drug-likeness (QED) is 0.783. The van der Waals surface area contributed by atoms with E-state index >= 15 is 0 Å². The highest BCUT2D eigenvalue weighted by molar-refractivity contribution is 5.81. The maximum absolute atomic E-state index is 13.9. The van der Waals surface area contributed by atoms with Gasteiger partial charge in [0.2, 0.25) is 0 Å². The summed E-state index contributed by atoms with van der Waals surface area (Å²) < 4.78 is 20.7. The summed E-state index contributed by atoms with van der Waals surface area (Å²) in [6, 6.07) is 0. The first-order valence-corrected chi connectivity index (χ1v) is 5.54. The first kappa shape index (κ1) is 11.3. The molecule has 0 spiro atoms. The number of hydrogen-bond acceptors (Lipinski definition) is 6. The average molecular weight is 253 g/mol. The Morgan fingerprint density at radius 3 is 3.06 bits per heavy atom. The van der Waals surface area contributed by atoms with Crippen LogP contribution >= 0.6 is 0 Å². The fourth-order valence-corrected chi connectivity index (χ4v) is 2.12. The molecule has 0 radical (unpaired) electrons. The first-order chi connectivity index (χ1) is 8.70. The van der Waals surface area contributed by atoms with Gasteiger partial charge in [0.25, 0.3) is 0 Å². The normalized spacial score (nSPS) is 28.0. The van der Waals surface area contributed by atoms with E-state index in [0.29, 0.717) is 11.2 Å². The van der Waals surface area contributed by atoms with Crippen molar-refractivity contribution in [2.45, 2.75) is 24.9 Å². The number of aromatic nitrogens is 4. The molecule has 2 unspecified atom stereocenters. The van der Waals surface area contributed by atoms with Crippen molar-refractivity contribution in [3.63, 3.8) is 0 Å². The standard InChI is InChI=1S/C10H12FN5O2/c11-6-1-5(2-17)18-10(6)16-4-15-7-8(12)13-3-14-9(7)16/h3-6,10,17H,1-2H2,(H2,12,13,14)/t5?,6?,10-/m1/s1. The van der Waals surface area contributed by atoms with E-state index in [1.165, 1.54) is 17.2 Å². The average Bonchev–Trinajstić information content (AvgIpc) is 2.93. The molecular weight excluding hydrogens is 241 g/mol. The highest BCUT2D eigenvalue weighted by Gasteiger charge is 2.37. The Morgan fingerprint density at radius 1 is 1.50 bits per heavy atom. The molecule has 2 aromatic heterocycles. The van der Waals surface area contributed by atoms with Crippen molar-refractivity contribution in [3.05, 3.63) is 12.7 Å². The van der Waals surface area contributed by atoms with Crippen molar-refractivity contribution in [2.24, 2.45) is 0 Å². The van der Waals surface area contributed by atoms with Crippen molar-refractivity contribution in [1.29, 1.82) is 0 Å². The SMILES string of the molecule is Nc1ncnc2c1ncn2[C@@H]1OC(CO)CC1F.